The first-order valence-electron chi connectivity index (χ1n) is 8.22. The molecule has 0 spiro atoms. The van der Waals surface area contributed by atoms with Crippen LogP contribution in [0.25, 0.3) is 16.9 Å². The third-order valence-corrected chi connectivity index (χ3v) is 4.51. The molecule has 128 valence electrons. The molecule has 1 N–H and O–H groups in total. The second-order valence-electron chi connectivity index (χ2n) is 6.16. The smallest absolute Gasteiger partial charge is 0.303 e. The molecule has 4 heteroatoms. The fraction of sp³-hybridized carbons (Fsp3) is 0.190. The summed E-state index contributed by atoms with van der Waals surface area (Å²) in [6, 6.07) is 16.3. The van der Waals surface area contributed by atoms with Crippen LogP contribution in [0.4, 0.5) is 4.39 Å². The largest absolute Gasteiger partial charge is 0.481 e. The Bertz CT molecular complexity index is 910. The average molecular weight is 337 g/mol. The highest BCUT2D eigenvalue weighted by Crippen LogP contribution is 2.30. The number of rotatable bonds is 5. The van der Waals surface area contributed by atoms with E-state index in [-0.39, 0.29) is 12.2 Å². The number of nitrogens with zero attached hydrogens (tertiary/aromatic N) is 1. The summed E-state index contributed by atoms with van der Waals surface area (Å²) in [5.41, 5.74) is 6.07. The van der Waals surface area contributed by atoms with Crippen LogP contribution < -0.4 is 0 Å². The van der Waals surface area contributed by atoms with Crippen LogP contribution in [0.3, 0.4) is 0 Å². The zero-order valence-electron chi connectivity index (χ0n) is 14.3. The van der Waals surface area contributed by atoms with Crippen molar-refractivity contribution in [3.05, 3.63) is 77.2 Å². The molecule has 0 aliphatic rings. The van der Waals surface area contributed by atoms with Crippen molar-refractivity contribution >= 4 is 5.97 Å². The van der Waals surface area contributed by atoms with Gasteiger partial charge in [0.15, 0.2) is 0 Å². The van der Waals surface area contributed by atoms with Crippen molar-refractivity contribution in [3.63, 3.8) is 0 Å². The lowest BCUT2D eigenvalue weighted by atomic mass is 10.1. The number of benzene rings is 2. The molecular formula is C21H20FNO2. The van der Waals surface area contributed by atoms with Crippen molar-refractivity contribution in [2.24, 2.45) is 0 Å². The van der Waals surface area contributed by atoms with Crippen LogP contribution in [0.5, 0.6) is 0 Å². The number of aromatic nitrogens is 1. The summed E-state index contributed by atoms with van der Waals surface area (Å²) < 4.78 is 15.4. The van der Waals surface area contributed by atoms with Crippen LogP contribution in [0.15, 0.2) is 54.6 Å². The molecule has 3 rings (SSSR count). The molecule has 3 aromatic rings. The van der Waals surface area contributed by atoms with Crippen LogP contribution >= 0.6 is 0 Å². The summed E-state index contributed by atoms with van der Waals surface area (Å²) in [6.07, 6.45) is 0.502. The minimum absolute atomic E-state index is 0.0672. The molecule has 0 fully saturated rings. The maximum atomic E-state index is 13.3. The van der Waals surface area contributed by atoms with Crippen molar-refractivity contribution in [2.75, 3.05) is 0 Å². The Kier molecular flexibility index (Phi) is 4.70. The second-order valence-corrected chi connectivity index (χ2v) is 6.16. The van der Waals surface area contributed by atoms with Gasteiger partial charge in [-0.2, -0.15) is 0 Å². The first kappa shape index (κ1) is 17.0. The van der Waals surface area contributed by atoms with Crippen LogP contribution in [0, 0.1) is 19.7 Å². The topological polar surface area (TPSA) is 42.2 Å². The Hall–Kier alpha value is -2.88. The quantitative estimate of drug-likeness (QED) is 0.718. The van der Waals surface area contributed by atoms with Gasteiger partial charge in [-0.05, 0) is 79.4 Å². The monoisotopic (exact) mass is 337 g/mol. The third kappa shape index (κ3) is 3.48. The second kappa shape index (κ2) is 6.93. The van der Waals surface area contributed by atoms with E-state index in [2.05, 4.69) is 24.5 Å². The van der Waals surface area contributed by atoms with E-state index in [9.17, 15) is 9.18 Å². The number of aryl methyl sites for hydroxylation is 2. The average Bonchev–Trinajstić information content (AvgIpc) is 3.00. The van der Waals surface area contributed by atoms with Crippen LogP contribution in [-0.4, -0.2) is 15.6 Å². The number of aliphatic carboxylic acids is 1. The Balaban J connectivity index is 2.17. The standard InChI is InChI=1S/C21H20FNO2/c1-14-4-3-5-19(15(14)2)23-18(11-13-21(24)25)10-12-20(23)16-6-8-17(22)9-7-16/h3-10,12H,11,13H2,1-2H3,(H,24,25). The zero-order valence-corrected chi connectivity index (χ0v) is 14.3. The van der Waals surface area contributed by atoms with Crippen LogP contribution in [0.2, 0.25) is 0 Å². The van der Waals surface area contributed by atoms with Gasteiger partial charge in [0.2, 0.25) is 0 Å². The number of carbonyl (C=O) groups is 1. The Morgan fingerprint density at radius 1 is 1.04 bits per heavy atom. The molecule has 0 atom stereocenters. The van der Waals surface area contributed by atoms with Gasteiger partial charge in [0.05, 0.1) is 12.1 Å². The number of carboxylic acids is 1. The third-order valence-electron chi connectivity index (χ3n) is 4.51. The molecule has 0 aliphatic heterocycles. The molecule has 0 bridgehead atoms. The normalized spacial score (nSPS) is 10.8. The first-order valence-corrected chi connectivity index (χ1v) is 8.22. The summed E-state index contributed by atoms with van der Waals surface area (Å²) in [5.74, 6) is -1.10. The van der Waals surface area contributed by atoms with E-state index in [0.29, 0.717) is 6.42 Å². The SMILES string of the molecule is Cc1cccc(-n2c(CCC(=O)O)ccc2-c2ccc(F)cc2)c1C. The molecule has 1 aromatic heterocycles. The van der Waals surface area contributed by atoms with Gasteiger partial charge in [0.1, 0.15) is 5.82 Å². The van der Waals surface area contributed by atoms with Crippen molar-refractivity contribution < 1.29 is 14.3 Å². The highest BCUT2D eigenvalue weighted by molar-refractivity contribution is 5.68. The van der Waals surface area contributed by atoms with E-state index < -0.39 is 5.97 Å². The molecule has 2 aromatic carbocycles. The lowest BCUT2D eigenvalue weighted by Crippen LogP contribution is -2.07. The fourth-order valence-corrected chi connectivity index (χ4v) is 3.02. The molecule has 0 unspecified atom stereocenters. The fourth-order valence-electron chi connectivity index (χ4n) is 3.02. The molecule has 0 saturated heterocycles. The summed E-state index contributed by atoms with van der Waals surface area (Å²) in [5, 5.41) is 9.04. The molecule has 0 radical (unpaired) electrons. The highest BCUT2D eigenvalue weighted by Gasteiger charge is 2.15. The Morgan fingerprint density at radius 2 is 1.76 bits per heavy atom. The molecule has 0 amide bonds. The minimum atomic E-state index is -0.822. The van der Waals surface area contributed by atoms with Gasteiger partial charge in [-0.1, -0.05) is 12.1 Å². The van der Waals surface area contributed by atoms with E-state index in [1.54, 1.807) is 12.1 Å². The molecule has 3 nitrogen and oxygen atoms in total. The van der Waals surface area contributed by atoms with Gasteiger partial charge in [0.25, 0.3) is 0 Å². The summed E-state index contributed by atoms with van der Waals surface area (Å²) >= 11 is 0. The van der Waals surface area contributed by atoms with Gasteiger partial charge in [-0.3, -0.25) is 4.79 Å². The maximum absolute atomic E-state index is 13.3. The lowest BCUT2D eigenvalue weighted by Gasteiger charge is -2.17. The number of carboxylic acid groups (broad SMARTS) is 1. The Morgan fingerprint density at radius 3 is 2.44 bits per heavy atom. The lowest BCUT2D eigenvalue weighted by molar-refractivity contribution is -0.136. The molecule has 1 heterocycles. The highest BCUT2D eigenvalue weighted by atomic mass is 19.1. The number of halogens is 1. The molecule has 0 aliphatic carbocycles. The summed E-state index contributed by atoms with van der Waals surface area (Å²) in [6.45, 7) is 4.11. The van der Waals surface area contributed by atoms with Crippen LogP contribution in [-0.2, 0) is 11.2 Å². The number of hydrogen-bond donors (Lipinski definition) is 1. The zero-order chi connectivity index (χ0) is 18.0. The number of hydrogen-bond acceptors (Lipinski definition) is 1. The van der Waals surface area contributed by atoms with Crippen molar-refractivity contribution in [2.45, 2.75) is 26.7 Å². The van der Waals surface area contributed by atoms with Gasteiger partial charge in [-0.15, -0.1) is 0 Å². The van der Waals surface area contributed by atoms with E-state index in [1.807, 2.05) is 24.3 Å². The van der Waals surface area contributed by atoms with E-state index >= 15 is 0 Å². The minimum Gasteiger partial charge on any atom is -0.481 e. The van der Waals surface area contributed by atoms with E-state index in [1.165, 1.54) is 17.7 Å². The van der Waals surface area contributed by atoms with E-state index in [4.69, 9.17) is 5.11 Å². The van der Waals surface area contributed by atoms with Gasteiger partial charge in [-0.25, -0.2) is 4.39 Å². The van der Waals surface area contributed by atoms with Gasteiger partial charge >= 0.3 is 5.97 Å². The predicted molar refractivity (Wildman–Crippen MR) is 96.6 cm³/mol. The van der Waals surface area contributed by atoms with E-state index in [0.717, 1.165) is 28.2 Å². The Labute approximate surface area is 146 Å². The van der Waals surface area contributed by atoms with Crippen molar-refractivity contribution in [1.82, 2.24) is 4.57 Å². The molecular weight excluding hydrogens is 317 g/mol. The van der Waals surface area contributed by atoms with Crippen LogP contribution in [0.1, 0.15) is 23.2 Å². The van der Waals surface area contributed by atoms with Crippen molar-refractivity contribution in [3.8, 4) is 16.9 Å². The molecule has 0 saturated carbocycles. The predicted octanol–water partition coefficient (Wildman–Crippen LogP) is 4.92. The summed E-state index contributed by atoms with van der Waals surface area (Å²) in [4.78, 5) is 11.0. The van der Waals surface area contributed by atoms with Gasteiger partial charge < -0.3 is 9.67 Å². The first-order chi connectivity index (χ1) is 12.0. The molecule has 25 heavy (non-hydrogen) atoms. The maximum Gasteiger partial charge on any atom is 0.303 e. The van der Waals surface area contributed by atoms with Crippen molar-refractivity contribution in [1.29, 1.82) is 0 Å². The van der Waals surface area contributed by atoms with Gasteiger partial charge in [0, 0.05) is 11.4 Å². The summed E-state index contributed by atoms with van der Waals surface area (Å²) in [7, 11) is 0.